The van der Waals surface area contributed by atoms with E-state index in [-0.39, 0.29) is 5.91 Å². The highest BCUT2D eigenvalue weighted by molar-refractivity contribution is 5.93. The summed E-state index contributed by atoms with van der Waals surface area (Å²) in [7, 11) is 0. The molecule has 20 heavy (non-hydrogen) atoms. The molecule has 1 amide bonds. The number of hydrogen-bond acceptors (Lipinski definition) is 2. The van der Waals surface area contributed by atoms with Gasteiger partial charge in [-0.2, -0.15) is 0 Å². The third-order valence-corrected chi connectivity index (χ3v) is 2.86. The average molecular weight is 266 g/mol. The van der Waals surface area contributed by atoms with Crippen molar-refractivity contribution in [2.24, 2.45) is 0 Å². The highest BCUT2D eigenvalue weighted by atomic mass is 16.2. The molecule has 2 N–H and O–H groups in total. The van der Waals surface area contributed by atoms with Crippen LogP contribution in [0.25, 0.3) is 0 Å². The fourth-order valence-corrected chi connectivity index (χ4v) is 1.84. The molecule has 0 fully saturated rings. The maximum absolute atomic E-state index is 11.8. The van der Waals surface area contributed by atoms with E-state index in [9.17, 15) is 4.79 Å². The number of nitrogens with one attached hydrogen (secondary N) is 2. The van der Waals surface area contributed by atoms with Gasteiger partial charge in [0, 0.05) is 11.3 Å². The van der Waals surface area contributed by atoms with Crippen LogP contribution in [0, 0.1) is 0 Å². The minimum absolute atomic E-state index is 0.167. The van der Waals surface area contributed by atoms with Crippen molar-refractivity contribution in [1.29, 1.82) is 0 Å². The summed E-state index contributed by atoms with van der Waals surface area (Å²) in [5.74, 6) is -0.167. The predicted octanol–water partition coefficient (Wildman–Crippen LogP) is 3.05. The molecule has 0 bridgehead atoms. The van der Waals surface area contributed by atoms with Crippen LogP contribution < -0.4 is 10.9 Å². The molecule has 2 rings (SSSR count). The molecular formula is C17H18N2O. The molecule has 102 valence electrons. The van der Waals surface area contributed by atoms with Crippen LogP contribution in [0.5, 0.6) is 0 Å². The Morgan fingerprint density at radius 1 is 0.950 bits per heavy atom. The molecule has 0 saturated carbocycles. The first-order valence-corrected chi connectivity index (χ1v) is 6.50. The van der Waals surface area contributed by atoms with E-state index in [1.807, 2.05) is 42.5 Å². The Labute approximate surface area is 119 Å². The largest absolute Gasteiger partial charge is 0.303 e. The molecule has 0 aliphatic rings. The zero-order chi connectivity index (χ0) is 14.4. The van der Waals surface area contributed by atoms with Crippen molar-refractivity contribution in [3.8, 4) is 0 Å². The van der Waals surface area contributed by atoms with E-state index in [0.29, 0.717) is 11.3 Å². The van der Waals surface area contributed by atoms with Gasteiger partial charge in [-0.05, 0) is 36.6 Å². The number of carbonyl (C=O) groups excluding carboxylic acids is 1. The van der Waals surface area contributed by atoms with Gasteiger partial charge in [-0.25, -0.2) is 0 Å². The normalized spacial score (nSPS) is 9.85. The molecule has 2 aromatic rings. The predicted molar refractivity (Wildman–Crippen MR) is 81.1 cm³/mol. The van der Waals surface area contributed by atoms with E-state index in [2.05, 4.69) is 29.6 Å². The van der Waals surface area contributed by atoms with Crippen molar-refractivity contribution in [2.45, 2.75) is 13.3 Å². The number of benzene rings is 2. The molecule has 0 radical (unpaired) electrons. The SMILES string of the molecule is C=C(C)NNC(=O)c1ccc(Cc2ccccc2)cc1. The smallest absolute Gasteiger partial charge is 0.269 e. The van der Waals surface area contributed by atoms with Crippen LogP contribution >= 0.6 is 0 Å². The van der Waals surface area contributed by atoms with Crippen LogP contribution in [0.3, 0.4) is 0 Å². The van der Waals surface area contributed by atoms with Gasteiger partial charge in [0.15, 0.2) is 0 Å². The van der Waals surface area contributed by atoms with Crippen molar-refractivity contribution < 1.29 is 4.79 Å². The Morgan fingerprint density at radius 2 is 1.55 bits per heavy atom. The number of rotatable bonds is 5. The molecule has 3 heteroatoms. The lowest BCUT2D eigenvalue weighted by atomic mass is 10.0. The molecule has 0 spiro atoms. The molecule has 2 aromatic carbocycles. The number of hydrazine groups is 1. The number of amides is 1. The summed E-state index contributed by atoms with van der Waals surface area (Å²) in [5, 5.41) is 0. The van der Waals surface area contributed by atoms with Gasteiger partial charge in [-0.15, -0.1) is 0 Å². The molecule has 0 saturated heterocycles. The number of hydrogen-bond donors (Lipinski definition) is 2. The first-order valence-electron chi connectivity index (χ1n) is 6.50. The summed E-state index contributed by atoms with van der Waals surface area (Å²) in [6, 6.07) is 17.9. The third-order valence-electron chi connectivity index (χ3n) is 2.86. The van der Waals surface area contributed by atoms with Gasteiger partial charge in [0.25, 0.3) is 5.91 Å². The maximum atomic E-state index is 11.8. The lowest BCUT2D eigenvalue weighted by molar-refractivity contribution is 0.0939. The molecule has 0 aromatic heterocycles. The van der Waals surface area contributed by atoms with Crippen molar-refractivity contribution in [3.05, 3.63) is 83.6 Å². The lowest BCUT2D eigenvalue weighted by Crippen LogP contribution is -2.35. The Hall–Kier alpha value is -2.55. The number of carbonyl (C=O) groups is 1. The van der Waals surface area contributed by atoms with Gasteiger partial charge < -0.3 is 5.43 Å². The van der Waals surface area contributed by atoms with Gasteiger partial charge in [0.2, 0.25) is 0 Å². The summed E-state index contributed by atoms with van der Waals surface area (Å²) >= 11 is 0. The summed E-state index contributed by atoms with van der Waals surface area (Å²) in [6.45, 7) is 5.44. The van der Waals surface area contributed by atoms with E-state index < -0.39 is 0 Å². The quantitative estimate of drug-likeness (QED) is 0.817. The first-order chi connectivity index (χ1) is 9.65. The first kappa shape index (κ1) is 13.9. The van der Waals surface area contributed by atoms with Crippen LogP contribution in [0.4, 0.5) is 0 Å². The summed E-state index contributed by atoms with van der Waals surface area (Å²) in [5.41, 5.74) is 9.04. The van der Waals surface area contributed by atoms with Crippen LogP contribution in [0.2, 0.25) is 0 Å². The fraction of sp³-hybridized carbons (Fsp3) is 0.118. The number of allylic oxidation sites excluding steroid dienone is 1. The molecule has 0 aliphatic carbocycles. The van der Waals surface area contributed by atoms with Crippen LogP contribution in [-0.2, 0) is 6.42 Å². The van der Waals surface area contributed by atoms with E-state index >= 15 is 0 Å². The van der Waals surface area contributed by atoms with Gasteiger partial charge in [-0.3, -0.25) is 10.2 Å². The summed E-state index contributed by atoms with van der Waals surface area (Å²) < 4.78 is 0. The standard InChI is InChI=1S/C17H18N2O/c1-13(2)18-19-17(20)16-10-8-15(9-11-16)12-14-6-4-3-5-7-14/h3-11,18H,1,12H2,2H3,(H,19,20). The van der Waals surface area contributed by atoms with Crippen molar-refractivity contribution in [3.63, 3.8) is 0 Å². The molecular weight excluding hydrogens is 248 g/mol. The van der Waals surface area contributed by atoms with Crippen LogP contribution in [0.15, 0.2) is 66.9 Å². The second-order valence-corrected chi connectivity index (χ2v) is 4.72. The van der Waals surface area contributed by atoms with Crippen molar-refractivity contribution in [1.82, 2.24) is 10.9 Å². The van der Waals surface area contributed by atoms with Crippen molar-refractivity contribution in [2.75, 3.05) is 0 Å². The molecule has 0 unspecified atom stereocenters. The summed E-state index contributed by atoms with van der Waals surface area (Å²) in [4.78, 5) is 11.8. The van der Waals surface area contributed by atoms with E-state index in [0.717, 1.165) is 6.42 Å². The zero-order valence-electron chi connectivity index (χ0n) is 11.5. The highest BCUT2D eigenvalue weighted by Gasteiger charge is 2.04. The van der Waals surface area contributed by atoms with Gasteiger partial charge in [-0.1, -0.05) is 49.0 Å². The van der Waals surface area contributed by atoms with Gasteiger partial charge in [0.05, 0.1) is 0 Å². The Balaban J connectivity index is 1.99. The minimum atomic E-state index is -0.167. The second-order valence-electron chi connectivity index (χ2n) is 4.72. The summed E-state index contributed by atoms with van der Waals surface area (Å²) in [6.07, 6.45) is 0.868. The van der Waals surface area contributed by atoms with Crippen molar-refractivity contribution >= 4 is 5.91 Å². The molecule has 0 aliphatic heterocycles. The molecule has 3 nitrogen and oxygen atoms in total. The maximum Gasteiger partial charge on any atom is 0.269 e. The minimum Gasteiger partial charge on any atom is -0.303 e. The van der Waals surface area contributed by atoms with E-state index in [1.54, 1.807) is 6.92 Å². The van der Waals surface area contributed by atoms with E-state index in [1.165, 1.54) is 11.1 Å². The second kappa shape index (κ2) is 6.57. The molecule has 0 atom stereocenters. The third kappa shape index (κ3) is 3.99. The topological polar surface area (TPSA) is 41.1 Å². The van der Waals surface area contributed by atoms with Crippen LogP contribution in [-0.4, -0.2) is 5.91 Å². The monoisotopic (exact) mass is 266 g/mol. The zero-order valence-corrected chi connectivity index (χ0v) is 11.5. The Bertz CT molecular complexity index is 588. The highest BCUT2D eigenvalue weighted by Crippen LogP contribution is 2.10. The lowest BCUT2D eigenvalue weighted by Gasteiger charge is -2.08. The Morgan fingerprint density at radius 3 is 2.15 bits per heavy atom. The molecule has 0 heterocycles. The average Bonchev–Trinajstić information content (AvgIpc) is 2.46. The van der Waals surface area contributed by atoms with E-state index in [4.69, 9.17) is 0 Å². The Kier molecular flexibility index (Phi) is 4.56. The van der Waals surface area contributed by atoms with Crippen LogP contribution in [0.1, 0.15) is 28.4 Å². The fourth-order valence-electron chi connectivity index (χ4n) is 1.84. The van der Waals surface area contributed by atoms with Gasteiger partial charge >= 0.3 is 0 Å². The van der Waals surface area contributed by atoms with Gasteiger partial charge in [0.1, 0.15) is 0 Å².